The smallest absolute Gasteiger partial charge is 0.279 e. The molecule has 0 aromatic heterocycles. The number of nitrogens with one attached hydrogen (secondary N) is 3. The van der Waals surface area contributed by atoms with Gasteiger partial charge in [-0.15, -0.1) is 6.58 Å². The number of ether oxygens (including phenoxy) is 1. The molecule has 120 valence electrons. The Kier molecular flexibility index (Phi) is 7.14. The van der Waals surface area contributed by atoms with E-state index in [9.17, 15) is 4.79 Å². The first-order valence-electron chi connectivity index (χ1n) is 6.73. The molecule has 0 fully saturated rings. The molecule has 0 saturated heterocycles. The molecule has 1 aromatic rings. The molecule has 3 N–H and O–H groups in total. The van der Waals surface area contributed by atoms with Gasteiger partial charge in [0.15, 0.2) is 11.2 Å². The highest BCUT2D eigenvalue weighted by Gasteiger charge is 2.17. The predicted octanol–water partition coefficient (Wildman–Crippen LogP) is 2.41. The second-order valence-corrected chi connectivity index (χ2v) is 5.59. The summed E-state index contributed by atoms with van der Waals surface area (Å²) in [4.78, 5) is 12.0. The molecule has 1 atom stereocenters. The van der Waals surface area contributed by atoms with Crippen LogP contribution >= 0.6 is 23.8 Å². The summed E-state index contributed by atoms with van der Waals surface area (Å²) in [7, 11) is 0. The summed E-state index contributed by atoms with van der Waals surface area (Å²) < 4.78 is 5.72. The van der Waals surface area contributed by atoms with Crippen LogP contribution in [0.25, 0.3) is 0 Å². The van der Waals surface area contributed by atoms with Crippen molar-refractivity contribution in [2.24, 2.45) is 0 Å². The van der Waals surface area contributed by atoms with Crippen LogP contribution in [0.5, 0.6) is 5.75 Å². The van der Waals surface area contributed by atoms with Crippen LogP contribution in [0.3, 0.4) is 0 Å². The number of carbonyl (C=O) groups excluding carboxylic acids is 1. The third kappa shape index (κ3) is 5.54. The molecule has 0 radical (unpaired) electrons. The van der Waals surface area contributed by atoms with Crippen molar-refractivity contribution in [3.05, 3.63) is 40.9 Å². The molecule has 5 nitrogen and oxygen atoms in total. The van der Waals surface area contributed by atoms with Crippen LogP contribution in [0.1, 0.15) is 18.1 Å². The lowest BCUT2D eigenvalue weighted by atomic mass is 10.1. The normalized spacial score (nSPS) is 11.3. The van der Waals surface area contributed by atoms with Gasteiger partial charge in [0, 0.05) is 11.6 Å². The van der Waals surface area contributed by atoms with Crippen molar-refractivity contribution < 1.29 is 9.53 Å². The van der Waals surface area contributed by atoms with Gasteiger partial charge in [-0.1, -0.05) is 17.7 Å². The monoisotopic (exact) mass is 341 g/mol. The number of thiocarbonyl (C=S) groups is 1. The molecule has 22 heavy (non-hydrogen) atoms. The fourth-order valence-corrected chi connectivity index (χ4v) is 2.20. The number of halogens is 1. The molecule has 0 unspecified atom stereocenters. The Morgan fingerprint density at radius 1 is 1.41 bits per heavy atom. The fourth-order valence-electron chi connectivity index (χ4n) is 1.74. The van der Waals surface area contributed by atoms with Crippen molar-refractivity contribution in [3.63, 3.8) is 0 Å². The first-order valence-corrected chi connectivity index (χ1v) is 7.51. The third-order valence-electron chi connectivity index (χ3n) is 2.80. The van der Waals surface area contributed by atoms with Crippen molar-refractivity contribution in [1.82, 2.24) is 16.2 Å². The minimum Gasteiger partial charge on any atom is -0.480 e. The van der Waals surface area contributed by atoms with Gasteiger partial charge in [0.1, 0.15) is 5.75 Å². The molecule has 1 rings (SSSR count). The van der Waals surface area contributed by atoms with Crippen LogP contribution in [0.15, 0.2) is 24.8 Å². The van der Waals surface area contributed by atoms with Crippen LogP contribution in [0, 0.1) is 13.8 Å². The number of aryl methyl sites for hydroxylation is 2. The summed E-state index contributed by atoms with van der Waals surface area (Å²) in [6, 6.07) is 3.59. The third-order valence-corrected chi connectivity index (χ3v) is 3.26. The standard InChI is InChI=1S/C15H20ClN3O2S/c1-5-6-17-15(22)19-18-14(20)11(4)21-13-9(2)7-12(16)8-10(13)3/h5,7-8,11H,1,6H2,2-4H3,(H,18,20)(H2,17,19,22)/t11-/m0/s1. The maximum Gasteiger partial charge on any atom is 0.279 e. The lowest BCUT2D eigenvalue weighted by Crippen LogP contribution is -2.50. The molecule has 0 aliphatic carbocycles. The Labute approximate surface area is 141 Å². The largest absolute Gasteiger partial charge is 0.480 e. The first kappa shape index (κ1) is 18.3. The fraction of sp³-hybridized carbons (Fsp3) is 0.333. The first-order chi connectivity index (χ1) is 10.3. The molecule has 0 aliphatic heterocycles. The van der Waals surface area contributed by atoms with E-state index in [0.29, 0.717) is 22.4 Å². The van der Waals surface area contributed by atoms with Crippen LogP contribution in [0.4, 0.5) is 0 Å². The van der Waals surface area contributed by atoms with Gasteiger partial charge in [-0.25, -0.2) is 0 Å². The van der Waals surface area contributed by atoms with Gasteiger partial charge in [0.2, 0.25) is 0 Å². The van der Waals surface area contributed by atoms with Gasteiger partial charge < -0.3 is 10.1 Å². The van der Waals surface area contributed by atoms with E-state index in [1.54, 1.807) is 25.1 Å². The number of carbonyl (C=O) groups is 1. The summed E-state index contributed by atoms with van der Waals surface area (Å²) >= 11 is 10.9. The Morgan fingerprint density at radius 2 is 2.00 bits per heavy atom. The average Bonchev–Trinajstić information content (AvgIpc) is 2.45. The van der Waals surface area contributed by atoms with Crippen LogP contribution in [-0.4, -0.2) is 23.7 Å². The maximum absolute atomic E-state index is 12.0. The molecule has 0 spiro atoms. The van der Waals surface area contributed by atoms with E-state index in [0.717, 1.165) is 11.1 Å². The zero-order valence-electron chi connectivity index (χ0n) is 12.8. The lowest BCUT2D eigenvalue weighted by molar-refractivity contribution is -0.127. The minimum absolute atomic E-state index is 0.305. The number of hydrogen-bond donors (Lipinski definition) is 3. The summed E-state index contributed by atoms with van der Waals surface area (Å²) in [5.74, 6) is 0.316. The van der Waals surface area contributed by atoms with Crippen molar-refractivity contribution in [1.29, 1.82) is 0 Å². The van der Waals surface area contributed by atoms with E-state index >= 15 is 0 Å². The van der Waals surface area contributed by atoms with Gasteiger partial charge in [0.05, 0.1) is 0 Å². The molecule has 1 aromatic carbocycles. The average molecular weight is 342 g/mol. The minimum atomic E-state index is -0.687. The highest BCUT2D eigenvalue weighted by Crippen LogP contribution is 2.27. The van der Waals surface area contributed by atoms with Crippen molar-refractivity contribution in [2.75, 3.05) is 6.54 Å². The Hall–Kier alpha value is -1.79. The van der Waals surface area contributed by atoms with Crippen LogP contribution in [0.2, 0.25) is 5.02 Å². The summed E-state index contributed by atoms with van der Waals surface area (Å²) in [5.41, 5.74) is 6.83. The number of benzene rings is 1. The van der Waals surface area contributed by atoms with E-state index in [2.05, 4.69) is 22.7 Å². The second kappa shape index (κ2) is 8.60. The molecule has 1 amide bonds. The van der Waals surface area contributed by atoms with E-state index < -0.39 is 6.10 Å². The SMILES string of the molecule is C=CCNC(=S)NNC(=O)[C@H](C)Oc1c(C)cc(Cl)cc1C. The number of amides is 1. The number of hydrazine groups is 1. The van der Waals surface area contributed by atoms with Gasteiger partial charge in [-0.3, -0.25) is 15.6 Å². The second-order valence-electron chi connectivity index (χ2n) is 4.74. The Bertz CT molecular complexity index is 555. The van der Waals surface area contributed by atoms with Gasteiger partial charge in [-0.2, -0.15) is 0 Å². The quantitative estimate of drug-likeness (QED) is 0.436. The molecule has 0 bridgehead atoms. The zero-order valence-corrected chi connectivity index (χ0v) is 14.4. The zero-order chi connectivity index (χ0) is 16.7. The van der Waals surface area contributed by atoms with Gasteiger partial charge >= 0.3 is 0 Å². The van der Waals surface area contributed by atoms with Crippen molar-refractivity contribution in [2.45, 2.75) is 26.9 Å². The molecule has 0 saturated carbocycles. The number of hydrogen-bond acceptors (Lipinski definition) is 3. The van der Waals surface area contributed by atoms with Gasteiger partial charge in [0.25, 0.3) is 5.91 Å². The summed E-state index contributed by atoms with van der Waals surface area (Å²) in [5, 5.41) is 3.78. The highest BCUT2D eigenvalue weighted by atomic mass is 35.5. The maximum atomic E-state index is 12.0. The lowest BCUT2D eigenvalue weighted by Gasteiger charge is -2.19. The molecular formula is C15H20ClN3O2S. The number of rotatable bonds is 5. The van der Waals surface area contributed by atoms with E-state index in [-0.39, 0.29) is 5.91 Å². The topological polar surface area (TPSA) is 62.4 Å². The Balaban J connectivity index is 2.58. The summed E-state index contributed by atoms with van der Waals surface area (Å²) in [6.07, 6.45) is 0.974. The van der Waals surface area contributed by atoms with E-state index in [1.165, 1.54) is 0 Å². The van der Waals surface area contributed by atoms with E-state index in [1.807, 2.05) is 13.8 Å². The highest BCUT2D eigenvalue weighted by molar-refractivity contribution is 7.80. The van der Waals surface area contributed by atoms with Gasteiger partial charge in [-0.05, 0) is 56.2 Å². The van der Waals surface area contributed by atoms with Crippen molar-refractivity contribution >= 4 is 34.8 Å². The van der Waals surface area contributed by atoms with E-state index in [4.69, 9.17) is 28.6 Å². The molecular weight excluding hydrogens is 322 g/mol. The molecule has 7 heteroatoms. The molecule has 0 heterocycles. The van der Waals surface area contributed by atoms with Crippen LogP contribution < -0.4 is 20.9 Å². The predicted molar refractivity (Wildman–Crippen MR) is 93.1 cm³/mol. The summed E-state index contributed by atoms with van der Waals surface area (Å²) in [6.45, 7) is 9.49. The van der Waals surface area contributed by atoms with Crippen molar-refractivity contribution in [3.8, 4) is 5.75 Å². The Morgan fingerprint density at radius 3 is 2.55 bits per heavy atom. The molecule has 0 aliphatic rings. The van der Waals surface area contributed by atoms with Crippen LogP contribution in [-0.2, 0) is 4.79 Å².